The normalized spacial score (nSPS) is 20.2. The number of rotatable bonds is 4. The fourth-order valence-corrected chi connectivity index (χ4v) is 4.35. The molecule has 0 bridgehead atoms. The van der Waals surface area contributed by atoms with E-state index in [0.29, 0.717) is 23.6 Å². The van der Waals surface area contributed by atoms with Gasteiger partial charge in [-0.05, 0) is 30.5 Å². The first-order chi connectivity index (χ1) is 9.92. The molecule has 1 aromatic rings. The molecule has 1 fully saturated rings. The number of piperidine rings is 1. The monoisotopic (exact) mass is 330 g/mol. The van der Waals surface area contributed by atoms with Gasteiger partial charge in [-0.3, -0.25) is 4.79 Å². The Morgan fingerprint density at radius 3 is 2.90 bits per heavy atom. The first kappa shape index (κ1) is 16.3. The van der Waals surface area contributed by atoms with E-state index in [1.54, 1.807) is 31.3 Å². The predicted octanol–water partition coefficient (Wildman–Crippen LogP) is 1.63. The summed E-state index contributed by atoms with van der Waals surface area (Å²) >= 11 is 5.88. The van der Waals surface area contributed by atoms with E-state index in [0.717, 1.165) is 6.42 Å². The van der Waals surface area contributed by atoms with E-state index in [1.165, 1.54) is 4.31 Å². The summed E-state index contributed by atoms with van der Waals surface area (Å²) < 4.78 is 26.4. The fraction of sp³-hybridized carbons (Fsp3) is 0.500. The topological polar surface area (TPSA) is 66.5 Å². The highest BCUT2D eigenvalue weighted by Gasteiger charge is 2.31. The van der Waals surface area contributed by atoms with Crippen molar-refractivity contribution >= 4 is 27.5 Å². The minimum Gasteiger partial charge on any atom is -0.359 e. The van der Waals surface area contributed by atoms with E-state index in [4.69, 9.17) is 11.6 Å². The molecular weight excluding hydrogens is 312 g/mol. The zero-order chi connectivity index (χ0) is 15.5. The van der Waals surface area contributed by atoms with Crippen molar-refractivity contribution in [3.63, 3.8) is 0 Å². The molecule has 0 aromatic heterocycles. The molecule has 1 N–H and O–H groups in total. The van der Waals surface area contributed by atoms with Crippen LogP contribution in [0.15, 0.2) is 24.3 Å². The van der Waals surface area contributed by atoms with Gasteiger partial charge in [0.1, 0.15) is 0 Å². The third kappa shape index (κ3) is 4.18. The average Bonchev–Trinajstić information content (AvgIpc) is 2.46. The molecule has 5 nitrogen and oxygen atoms in total. The summed E-state index contributed by atoms with van der Waals surface area (Å²) in [6.45, 7) is 0.721. The average molecular weight is 331 g/mol. The third-order valence-corrected chi connectivity index (χ3v) is 5.68. The van der Waals surface area contributed by atoms with Crippen LogP contribution >= 0.6 is 11.6 Å². The Labute approximate surface area is 130 Å². The van der Waals surface area contributed by atoms with Crippen LogP contribution in [0.5, 0.6) is 0 Å². The number of halogens is 1. The van der Waals surface area contributed by atoms with Crippen LogP contribution in [0.3, 0.4) is 0 Å². The molecule has 2 rings (SSSR count). The second-order valence-corrected chi connectivity index (χ2v) is 7.60. The van der Waals surface area contributed by atoms with Gasteiger partial charge in [-0.15, -0.1) is 0 Å². The van der Waals surface area contributed by atoms with Crippen LogP contribution in [0.2, 0.25) is 5.02 Å². The summed E-state index contributed by atoms with van der Waals surface area (Å²) in [7, 11) is -1.86. The van der Waals surface area contributed by atoms with Crippen molar-refractivity contribution in [2.24, 2.45) is 5.92 Å². The number of carbonyl (C=O) groups is 1. The molecule has 116 valence electrons. The molecule has 1 amide bonds. The molecule has 0 spiro atoms. The summed E-state index contributed by atoms with van der Waals surface area (Å²) in [6, 6.07) is 6.83. The third-order valence-electron chi connectivity index (χ3n) is 3.63. The van der Waals surface area contributed by atoms with Gasteiger partial charge in [0.15, 0.2) is 0 Å². The van der Waals surface area contributed by atoms with Crippen LogP contribution in [0, 0.1) is 5.92 Å². The molecule has 1 aliphatic heterocycles. The van der Waals surface area contributed by atoms with E-state index in [-0.39, 0.29) is 24.1 Å². The van der Waals surface area contributed by atoms with Gasteiger partial charge >= 0.3 is 0 Å². The first-order valence-corrected chi connectivity index (χ1v) is 8.85. The van der Waals surface area contributed by atoms with Crippen molar-refractivity contribution in [2.45, 2.75) is 18.6 Å². The first-order valence-electron chi connectivity index (χ1n) is 6.86. The standard InChI is InChI=1S/C14H19ClN2O3S/c1-16-14(18)12-5-3-7-17(9-12)21(19,20)10-11-4-2-6-13(15)8-11/h2,4,6,8,12H,3,5,7,9-10H2,1H3,(H,16,18)/t12-/m1/s1. The maximum Gasteiger partial charge on any atom is 0.224 e. The maximum absolute atomic E-state index is 12.5. The molecule has 1 aromatic carbocycles. The molecule has 0 unspecified atom stereocenters. The molecule has 1 saturated heterocycles. The highest BCUT2D eigenvalue weighted by Crippen LogP contribution is 2.22. The number of hydrogen-bond donors (Lipinski definition) is 1. The highest BCUT2D eigenvalue weighted by molar-refractivity contribution is 7.88. The molecule has 1 aliphatic rings. The van der Waals surface area contributed by atoms with Crippen LogP contribution in [-0.4, -0.2) is 38.8 Å². The van der Waals surface area contributed by atoms with Crippen molar-refractivity contribution in [1.82, 2.24) is 9.62 Å². The summed E-state index contributed by atoms with van der Waals surface area (Å²) in [4.78, 5) is 11.7. The number of amides is 1. The van der Waals surface area contributed by atoms with Crippen LogP contribution in [0.1, 0.15) is 18.4 Å². The summed E-state index contributed by atoms with van der Waals surface area (Å²) in [5.41, 5.74) is 0.657. The molecule has 21 heavy (non-hydrogen) atoms. The van der Waals surface area contributed by atoms with Gasteiger partial charge in [0.2, 0.25) is 15.9 Å². The summed E-state index contributed by atoms with van der Waals surface area (Å²) in [5.74, 6) is -0.455. The van der Waals surface area contributed by atoms with Crippen molar-refractivity contribution in [1.29, 1.82) is 0 Å². The van der Waals surface area contributed by atoms with Crippen LogP contribution in [0.25, 0.3) is 0 Å². The SMILES string of the molecule is CNC(=O)[C@@H]1CCCN(S(=O)(=O)Cc2cccc(Cl)c2)C1. The fourth-order valence-electron chi connectivity index (χ4n) is 2.54. The second kappa shape index (κ2) is 6.77. The number of sulfonamides is 1. The van der Waals surface area contributed by atoms with Gasteiger partial charge < -0.3 is 5.32 Å². The molecule has 0 aliphatic carbocycles. The van der Waals surface area contributed by atoms with Crippen molar-refractivity contribution < 1.29 is 13.2 Å². The summed E-state index contributed by atoms with van der Waals surface area (Å²) in [6.07, 6.45) is 1.43. The Bertz CT molecular complexity index is 618. The second-order valence-electron chi connectivity index (χ2n) is 5.20. The minimum atomic E-state index is -3.43. The van der Waals surface area contributed by atoms with Crippen molar-refractivity contribution in [3.8, 4) is 0 Å². The molecule has 7 heteroatoms. The van der Waals surface area contributed by atoms with Gasteiger partial charge in [-0.2, -0.15) is 0 Å². The highest BCUT2D eigenvalue weighted by atomic mass is 35.5. The van der Waals surface area contributed by atoms with E-state index < -0.39 is 10.0 Å². The number of benzene rings is 1. The van der Waals surface area contributed by atoms with Crippen molar-refractivity contribution in [3.05, 3.63) is 34.9 Å². The Kier molecular flexibility index (Phi) is 5.24. The van der Waals surface area contributed by atoms with E-state index in [9.17, 15) is 13.2 Å². The van der Waals surface area contributed by atoms with E-state index in [2.05, 4.69) is 5.32 Å². The lowest BCUT2D eigenvalue weighted by atomic mass is 9.99. The molecule has 0 saturated carbocycles. The van der Waals surface area contributed by atoms with Gasteiger partial charge in [-0.1, -0.05) is 23.7 Å². The molecule has 0 radical (unpaired) electrons. The number of nitrogens with one attached hydrogen (secondary N) is 1. The smallest absolute Gasteiger partial charge is 0.224 e. The molecule has 1 heterocycles. The molecular formula is C14H19ClN2O3S. The van der Waals surface area contributed by atoms with Crippen LogP contribution in [0.4, 0.5) is 0 Å². The predicted molar refractivity (Wildman–Crippen MR) is 82.4 cm³/mol. The van der Waals surface area contributed by atoms with Crippen LogP contribution in [-0.2, 0) is 20.6 Å². The van der Waals surface area contributed by atoms with E-state index in [1.807, 2.05) is 0 Å². The van der Waals surface area contributed by atoms with Gasteiger partial charge in [0, 0.05) is 25.2 Å². The van der Waals surface area contributed by atoms with Gasteiger partial charge in [0.25, 0.3) is 0 Å². The zero-order valence-electron chi connectivity index (χ0n) is 11.9. The molecule has 1 atom stereocenters. The summed E-state index contributed by atoms with van der Waals surface area (Å²) in [5, 5.41) is 3.10. The Balaban J connectivity index is 2.10. The Morgan fingerprint density at radius 1 is 1.48 bits per heavy atom. The Morgan fingerprint density at radius 2 is 2.24 bits per heavy atom. The van der Waals surface area contributed by atoms with Crippen molar-refractivity contribution in [2.75, 3.05) is 20.1 Å². The largest absolute Gasteiger partial charge is 0.359 e. The zero-order valence-corrected chi connectivity index (χ0v) is 13.5. The minimum absolute atomic E-state index is 0.0893. The number of nitrogens with zero attached hydrogens (tertiary/aromatic N) is 1. The lowest BCUT2D eigenvalue weighted by Gasteiger charge is -2.31. The number of hydrogen-bond acceptors (Lipinski definition) is 3. The maximum atomic E-state index is 12.5. The Hall–Kier alpha value is -1.11. The van der Waals surface area contributed by atoms with E-state index >= 15 is 0 Å². The van der Waals surface area contributed by atoms with Gasteiger partial charge in [0.05, 0.1) is 11.7 Å². The van der Waals surface area contributed by atoms with Crippen LogP contribution < -0.4 is 5.32 Å². The quantitative estimate of drug-likeness (QED) is 0.912. The van der Waals surface area contributed by atoms with Gasteiger partial charge in [-0.25, -0.2) is 12.7 Å². The number of carbonyl (C=O) groups excluding carboxylic acids is 1. The lowest BCUT2D eigenvalue weighted by molar-refractivity contribution is -0.125. The lowest BCUT2D eigenvalue weighted by Crippen LogP contribution is -2.45.